The normalized spacial score (nSPS) is 12.8. The Balaban J connectivity index is 1.61. The van der Waals surface area contributed by atoms with E-state index in [1.807, 2.05) is 121 Å². The summed E-state index contributed by atoms with van der Waals surface area (Å²) in [6.45, 7) is 13.9. The first-order valence-electron chi connectivity index (χ1n) is 15.3. The summed E-state index contributed by atoms with van der Waals surface area (Å²) in [6.07, 6.45) is -0.785. The summed E-state index contributed by atoms with van der Waals surface area (Å²) in [4.78, 5) is 41.5. The molecular weight excluding hydrogens is 654 g/mol. The molecule has 4 N–H and O–H groups in total. The summed E-state index contributed by atoms with van der Waals surface area (Å²) >= 11 is 1.59. The van der Waals surface area contributed by atoms with Gasteiger partial charge in [0.05, 0.1) is 18.4 Å². The molecule has 0 saturated carbocycles. The van der Waals surface area contributed by atoms with Crippen LogP contribution in [0.3, 0.4) is 0 Å². The van der Waals surface area contributed by atoms with Crippen molar-refractivity contribution in [1.29, 1.82) is 0 Å². The molecule has 252 valence electrons. The van der Waals surface area contributed by atoms with Gasteiger partial charge in [-0.15, -0.1) is 0 Å². The smallest absolute Gasteiger partial charge is 0.330 e. The highest BCUT2D eigenvalue weighted by molar-refractivity contribution is 7.99. The van der Waals surface area contributed by atoms with Crippen molar-refractivity contribution in [1.82, 2.24) is 0 Å². The zero-order valence-electron chi connectivity index (χ0n) is 27.8. The molecule has 0 radical (unpaired) electrons. The molecule has 0 saturated heterocycles. The van der Waals surface area contributed by atoms with Crippen molar-refractivity contribution in [2.75, 3.05) is 0 Å². The Labute approximate surface area is 281 Å². The van der Waals surface area contributed by atoms with Crippen LogP contribution in [0.4, 0.5) is 0 Å². The van der Waals surface area contributed by atoms with Crippen LogP contribution in [0.2, 0.25) is 0 Å². The van der Waals surface area contributed by atoms with Crippen molar-refractivity contribution in [2.24, 2.45) is 0 Å². The summed E-state index contributed by atoms with van der Waals surface area (Å²) in [5, 5.41) is 0. The zero-order chi connectivity index (χ0) is 34.8. The molecule has 0 unspecified atom stereocenters. The molecule has 0 amide bonds. The van der Waals surface area contributed by atoms with E-state index in [2.05, 4.69) is 0 Å². The van der Waals surface area contributed by atoms with E-state index in [0.29, 0.717) is 22.6 Å². The van der Waals surface area contributed by atoms with Crippen LogP contribution >= 0.6 is 27.0 Å². The topological polar surface area (TPSA) is 134 Å². The predicted molar refractivity (Wildman–Crippen MR) is 188 cm³/mol. The molecule has 0 aliphatic rings. The summed E-state index contributed by atoms with van der Waals surface area (Å²) in [7, 11) is -8.79. The third-order valence-corrected chi connectivity index (χ3v) is 10.2. The standard InChI is InChI=1S/C36H44O8P2S/c1-24(2)43-29-10-14-31(15-11-29)47-32-16-12-30(13-17-32)44-34-19-9-28(21-26(34)23-46(40,41)42)36(6,7)27-8-18-33(35(3,4)5)25(20-27)22-45(37,38)39/h8-21,24H,22-23H2,1-7H3,(H2,37,38,39)(H2,40,41,42). The van der Waals surface area contributed by atoms with Crippen LogP contribution in [0, 0.1) is 0 Å². The first-order valence-corrected chi connectivity index (χ1v) is 19.7. The summed E-state index contributed by atoms with van der Waals surface area (Å²) in [5.74, 6) is 1.67. The molecular formula is C36H44O8P2S. The lowest BCUT2D eigenvalue weighted by molar-refractivity contribution is 0.242. The van der Waals surface area contributed by atoms with Gasteiger partial charge in [0.1, 0.15) is 17.2 Å². The second kappa shape index (κ2) is 14.3. The fourth-order valence-corrected chi connectivity index (χ4v) is 7.56. The van der Waals surface area contributed by atoms with Gasteiger partial charge in [0.15, 0.2) is 0 Å². The van der Waals surface area contributed by atoms with E-state index in [9.17, 15) is 28.7 Å². The Hall–Kier alpha value is -2.87. The molecule has 0 aromatic heterocycles. The molecule has 4 rings (SSSR count). The van der Waals surface area contributed by atoms with Crippen LogP contribution in [-0.2, 0) is 32.3 Å². The molecule has 0 atom stereocenters. The molecule has 0 aliphatic carbocycles. The van der Waals surface area contributed by atoms with Gasteiger partial charge in [-0.05, 0) is 96.1 Å². The van der Waals surface area contributed by atoms with Gasteiger partial charge in [0.25, 0.3) is 0 Å². The van der Waals surface area contributed by atoms with E-state index in [1.54, 1.807) is 23.9 Å². The Morgan fingerprint density at radius 2 is 1.13 bits per heavy atom. The average molecular weight is 699 g/mol. The third kappa shape index (κ3) is 10.6. The van der Waals surface area contributed by atoms with Crippen molar-refractivity contribution in [3.05, 3.63) is 113 Å². The zero-order valence-corrected chi connectivity index (χ0v) is 30.4. The van der Waals surface area contributed by atoms with Gasteiger partial charge in [-0.3, -0.25) is 9.13 Å². The average Bonchev–Trinajstić information content (AvgIpc) is 2.93. The molecule has 8 nitrogen and oxygen atoms in total. The van der Waals surface area contributed by atoms with E-state index in [-0.39, 0.29) is 17.7 Å². The maximum absolute atomic E-state index is 12.2. The van der Waals surface area contributed by atoms with Gasteiger partial charge in [-0.2, -0.15) is 0 Å². The second-order valence-electron chi connectivity index (χ2n) is 13.5. The van der Waals surface area contributed by atoms with E-state index < -0.39 is 26.8 Å². The van der Waals surface area contributed by atoms with E-state index in [0.717, 1.165) is 32.2 Å². The largest absolute Gasteiger partial charge is 0.491 e. The van der Waals surface area contributed by atoms with Crippen molar-refractivity contribution in [2.45, 2.75) is 87.5 Å². The summed E-state index contributed by atoms with van der Waals surface area (Å²) < 4.78 is 36.1. The lowest BCUT2D eigenvalue weighted by Gasteiger charge is -2.30. The van der Waals surface area contributed by atoms with Crippen molar-refractivity contribution < 1.29 is 38.2 Å². The Kier molecular flexibility index (Phi) is 11.3. The lowest BCUT2D eigenvalue weighted by atomic mass is 9.75. The minimum atomic E-state index is -4.46. The summed E-state index contributed by atoms with van der Waals surface area (Å²) in [6, 6.07) is 26.4. The van der Waals surface area contributed by atoms with Gasteiger partial charge in [-0.25, -0.2) is 0 Å². The van der Waals surface area contributed by atoms with Crippen molar-refractivity contribution >= 4 is 27.0 Å². The number of rotatable bonds is 12. The molecule has 47 heavy (non-hydrogen) atoms. The Bertz CT molecular complexity index is 1780. The maximum Gasteiger partial charge on any atom is 0.330 e. The first-order chi connectivity index (χ1) is 21.7. The minimum Gasteiger partial charge on any atom is -0.491 e. The highest BCUT2D eigenvalue weighted by Gasteiger charge is 2.30. The van der Waals surface area contributed by atoms with Crippen molar-refractivity contribution in [3.63, 3.8) is 0 Å². The number of ether oxygens (including phenoxy) is 2. The van der Waals surface area contributed by atoms with Crippen LogP contribution in [0.1, 0.15) is 76.3 Å². The fourth-order valence-electron chi connectivity index (χ4n) is 5.34. The van der Waals surface area contributed by atoms with Crippen LogP contribution < -0.4 is 9.47 Å². The van der Waals surface area contributed by atoms with Crippen molar-refractivity contribution in [3.8, 4) is 17.2 Å². The lowest BCUT2D eigenvalue weighted by Crippen LogP contribution is -2.21. The van der Waals surface area contributed by atoms with E-state index in [4.69, 9.17) is 9.47 Å². The molecule has 0 fully saturated rings. The van der Waals surface area contributed by atoms with Crippen LogP contribution in [0.5, 0.6) is 17.2 Å². The minimum absolute atomic E-state index is 0.104. The molecule has 0 heterocycles. The molecule has 0 aliphatic heterocycles. The molecule has 0 spiro atoms. The Morgan fingerprint density at radius 1 is 0.660 bits per heavy atom. The monoisotopic (exact) mass is 698 g/mol. The third-order valence-electron chi connectivity index (χ3n) is 7.65. The first kappa shape index (κ1) is 37.0. The quantitative estimate of drug-likeness (QED) is 0.107. The van der Waals surface area contributed by atoms with Gasteiger partial charge in [0.2, 0.25) is 0 Å². The number of hydrogen-bond donors (Lipinski definition) is 4. The van der Waals surface area contributed by atoms with Gasteiger partial charge in [0, 0.05) is 20.8 Å². The summed E-state index contributed by atoms with van der Waals surface area (Å²) in [5.41, 5.74) is 2.38. The number of benzene rings is 4. The van der Waals surface area contributed by atoms with Gasteiger partial charge in [-0.1, -0.05) is 76.7 Å². The van der Waals surface area contributed by atoms with E-state index >= 15 is 0 Å². The maximum atomic E-state index is 12.2. The van der Waals surface area contributed by atoms with E-state index in [1.165, 1.54) is 0 Å². The SMILES string of the molecule is CC(C)Oc1ccc(Sc2ccc(Oc3ccc(C(C)(C)c4ccc(C(C)(C)C)c(CP(=O)(O)O)c4)cc3CP(=O)(O)O)cc2)cc1. The fraction of sp³-hybridized carbons (Fsp3) is 0.333. The van der Waals surface area contributed by atoms with Crippen LogP contribution in [-0.4, -0.2) is 25.7 Å². The van der Waals surface area contributed by atoms with Crippen LogP contribution in [0.25, 0.3) is 0 Å². The Morgan fingerprint density at radius 3 is 1.62 bits per heavy atom. The van der Waals surface area contributed by atoms with Gasteiger partial charge < -0.3 is 29.0 Å². The molecule has 4 aromatic rings. The molecule has 11 heteroatoms. The highest BCUT2D eigenvalue weighted by atomic mass is 32.2. The van der Waals surface area contributed by atoms with Crippen LogP contribution in [0.15, 0.2) is 94.7 Å². The predicted octanol–water partition coefficient (Wildman–Crippen LogP) is 9.40. The highest BCUT2D eigenvalue weighted by Crippen LogP contribution is 2.46. The van der Waals surface area contributed by atoms with Gasteiger partial charge >= 0.3 is 15.2 Å². The second-order valence-corrected chi connectivity index (χ2v) is 18.0. The molecule has 4 aromatic carbocycles. The molecule has 0 bridgehead atoms. The number of hydrogen-bond acceptors (Lipinski definition) is 5.